The molecular weight excluding hydrogens is 263 g/mol. The molecule has 0 unspecified atom stereocenters. The van der Waals surface area contributed by atoms with Gasteiger partial charge in [-0.25, -0.2) is 19.3 Å². The number of nitrogens with zero attached hydrogens (tertiary/aromatic N) is 3. The molecule has 0 aliphatic heterocycles. The minimum atomic E-state index is -0.481. The molecule has 0 aliphatic carbocycles. The van der Waals surface area contributed by atoms with Gasteiger partial charge in [0.25, 0.3) is 0 Å². The van der Waals surface area contributed by atoms with E-state index >= 15 is 0 Å². The first-order chi connectivity index (χ1) is 8.19. The van der Waals surface area contributed by atoms with E-state index in [2.05, 4.69) is 20.3 Å². The molecule has 0 saturated heterocycles. The second kappa shape index (κ2) is 5.29. The van der Waals surface area contributed by atoms with E-state index < -0.39 is 5.82 Å². The third kappa shape index (κ3) is 3.04. The average molecular weight is 271 g/mol. The molecule has 4 nitrogen and oxygen atoms in total. The summed E-state index contributed by atoms with van der Waals surface area (Å²) in [6.45, 7) is 0. The van der Waals surface area contributed by atoms with Crippen molar-refractivity contribution in [3.63, 3.8) is 0 Å². The van der Waals surface area contributed by atoms with Crippen LogP contribution < -0.4 is 5.32 Å². The smallest absolute Gasteiger partial charge is 0.223 e. The van der Waals surface area contributed by atoms with Gasteiger partial charge >= 0.3 is 0 Å². The lowest BCUT2D eigenvalue weighted by Crippen LogP contribution is -1.99. The third-order valence-electron chi connectivity index (χ3n) is 1.84. The second-order valence-corrected chi connectivity index (χ2v) is 4.46. The van der Waals surface area contributed by atoms with Crippen molar-refractivity contribution in [2.75, 3.05) is 12.4 Å². The molecule has 88 valence electrons. The largest absolute Gasteiger partial charge is 0.357 e. The van der Waals surface area contributed by atoms with E-state index in [1.165, 1.54) is 6.20 Å². The van der Waals surface area contributed by atoms with Crippen LogP contribution in [-0.4, -0.2) is 22.0 Å². The number of nitrogens with one attached hydrogen (secondary N) is 1. The molecule has 0 aromatic carbocycles. The van der Waals surface area contributed by atoms with Crippen molar-refractivity contribution < 1.29 is 4.39 Å². The molecule has 0 atom stereocenters. The predicted octanol–water partition coefficient (Wildman–Crippen LogP) is 2.86. The van der Waals surface area contributed by atoms with Gasteiger partial charge in [-0.05, 0) is 23.9 Å². The van der Waals surface area contributed by atoms with Crippen molar-refractivity contribution in [3.05, 3.63) is 35.4 Å². The highest BCUT2D eigenvalue weighted by Crippen LogP contribution is 2.27. The number of halogens is 2. The summed E-state index contributed by atoms with van der Waals surface area (Å²) < 4.78 is 13.4. The summed E-state index contributed by atoms with van der Waals surface area (Å²) in [6, 6.07) is 3.39. The van der Waals surface area contributed by atoms with Crippen LogP contribution >= 0.6 is 23.4 Å². The van der Waals surface area contributed by atoms with Gasteiger partial charge in [0, 0.05) is 13.2 Å². The van der Waals surface area contributed by atoms with E-state index in [0.29, 0.717) is 16.0 Å². The number of rotatable bonds is 3. The Hall–Kier alpha value is -1.40. The van der Waals surface area contributed by atoms with Crippen LogP contribution in [0.5, 0.6) is 0 Å². The fourth-order valence-electron chi connectivity index (χ4n) is 1.07. The molecule has 7 heteroatoms. The molecule has 2 heterocycles. The van der Waals surface area contributed by atoms with Crippen LogP contribution in [0.15, 0.2) is 34.6 Å². The highest BCUT2D eigenvalue weighted by molar-refractivity contribution is 7.99. The fraction of sp³-hybridized carbons (Fsp3) is 0.100. The Morgan fingerprint density at radius 2 is 2.12 bits per heavy atom. The quantitative estimate of drug-likeness (QED) is 0.869. The van der Waals surface area contributed by atoms with Gasteiger partial charge < -0.3 is 5.32 Å². The van der Waals surface area contributed by atoms with Gasteiger partial charge in [0.2, 0.25) is 5.95 Å². The summed E-state index contributed by atoms with van der Waals surface area (Å²) in [7, 11) is 1.67. The molecule has 0 bridgehead atoms. The number of anilines is 1. The topological polar surface area (TPSA) is 50.7 Å². The zero-order valence-electron chi connectivity index (χ0n) is 8.82. The minimum Gasteiger partial charge on any atom is -0.357 e. The Morgan fingerprint density at radius 3 is 2.76 bits per heavy atom. The van der Waals surface area contributed by atoms with Crippen molar-refractivity contribution in [2.45, 2.75) is 10.1 Å². The van der Waals surface area contributed by atoms with Gasteiger partial charge in [-0.2, -0.15) is 0 Å². The van der Waals surface area contributed by atoms with Gasteiger partial charge in [-0.3, -0.25) is 0 Å². The second-order valence-electron chi connectivity index (χ2n) is 3.01. The van der Waals surface area contributed by atoms with Crippen LogP contribution in [0.4, 0.5) is 10.3 Å². The molecule has 2 rings (SSSR count). The van der Waals surface area contributed by atoms with Crippen molar-refractivity contribution in [3.8, 4) is 0 Å². The van der Waals surface area contributed by atoms with Gasteiger partial charge in [-0.15, -0.1) is 0 Å². The maximum Gasteiger partial charge on any atom is 0.223 e. The maximum atomic E-state index is 13.4. The molecule has 2 aromatic rings. The average Bonchev–Trinajstić information content (AvgIpc) is 2.35. The Labute approximate surface area is 107 Å². The first kappa shape index (κ1) is 12.1. The molecule has 0 spiro atoms. The number of pyridine rings is 1. The molecule has 2 aromatic heterocycles. The zero-order chi connectivity index (χ0) is 12.3. The van der Waals surface area contributed by atoms with Crippen LogP contribution in [0, 0.1) is 5.82 Å². The third-order valence-corrected chi connectivity index (χ3v) is 2.99. The molecule has 1 N–H and O–H groups in total. The predicted molar refractivity (Wildman–Crippen MR) is 64.9 cm³/mol. The molecular formula is C10H8ClFN4S. The van der Waals surface area contributed by atoms with E-state index in [1.807, 2.05) is 0 Å². The van der Waals surface area contributed by atoms with Crippen LogP contribution in [0.1, 0.15) is 0 Å². The highest BCUT2D eigenvalue weighted by atomic mass is 35.5. The lowest BCUT2D eigenvalue weighted by atomic mass is 10.5. The van der Waals surface area contributed by atoms with E-state index in [-0.39, 0.29) is 5.03 Å². The highest BCUT2D eigenvalue weighted by Gasteiger charge is 2.09. The first-order valence-electron chi connectivity index (χ1n) is 4.69. The number of hydrogen-bond donors (Lipinski definition) is 1. The van der Waals surface area contributed by atoms with Crippen LogP contribution in [0.3, 0.4) is 0 Å². The van der Waals surface area contributed by atoms with Crippen LogP contribution in [-0.2, 0) is 0 Å². The molecule has 0 saturated carbocycles. The van der Waals surface area contributed by atoms with Gasteiger partial charge in [-0.1, -0.05) is 11.6 Å². The molecule has 0 aliphatic rings. The first-order valence-corrected chi connectivity index (χ1v) is 5.88. The van der Waals surface area contributed by atoms with Crippen molar-refractivity contribution in [2.24, 2.45) is 0 Å². The maximum absolute atomic E-state index is 13.4. The summed E-state index contributed by atoms with van der Waals surface area (Å²) in [5, 5.41) is 4.12. The summed E-state index contributed by atoms with van der Waals surface area (Å²) in [4.78, 5) is 11.8. The SMILES string of the molecule is CNc1ncc(F)c(Sc2ccc(Cl)cn2)n1. The van der Waals surface area contributed by atoms with Gasteiger partial charge in [0.1, 0.15) is 10.1 Å². The number of hydrogen-bond acceptors (Lipinski definition) is 5. The zero-order valence-corrected chi connectivity index (χ0v) is 10.4. The van der Waals surface area contributed by atoms with Crippen LogP contribution in [0.25, 0.3) is 0 Å². The van der Waals surface area contributed by atoms with Crippen molar-refractivity contribution in [1.82, 2.24) is 15.0 Å². The monoisotopic (exact) mass is 270 g/mol. The summed E-state index contributed by atoms with van der Waals surface area (Å²) in [5.74, 6) is -0.117. The number of aromatic nitrogens is 3. The molecule has 0 amide bonds. The minimum absolute atomic E-state index is 0.221. The summed E-state index contributed by atoms with van der Waals surface area (Å²) >= 11 is 6.83. The van der Waals surface area contributed by atoms with Crippen molar-refractivity contribution in [1.29, 1.82) is 0 Å². The Kier molecular flexibility index (Phi) is 3.75. The van der Waals surface area contributed by atoms with E-state index in [0.717, 1.165) is 18.0 Å². The normalized spacial score (nSPS) is 10.3. The summed E-state index contributed by atoms with van der Waals surface area (Å²) in [6.07, 6.45) is 2.62. The van der Waals surface area contributed by atoms with Crippen molar-refractivity contribution >= 4 is 29.3 Å². The Balaban J connectivity index is 2.25. The Morgan fingerprint density at radius 1 is 1.29 bits per heavy atom. The lowest BCUT2D eigenvalue weighted by Gasteiger charge is -2.03. The van der Waals surface area contributed by atoms with Gasteiger partial charge in [0.15, 0.2) is 5.82 Å². The fourth-order valence-corrected chi connectivity index (χ4v) is 1.90. The van der Waals surface area contributed by atoms with E-state index in [4.69, 9.17) is 11.6 Å². The summed E-state index contributed by atoms with van der Waals surface area (Å²) in [5.41, 5.74) is 0. The van der Waals surface area contributed by atoms with Crippen LogP contribution in [0.2, 0.25) is 5.02 Å². The Bertz CT molecular complexity index is 520. The van der Waals surface area contributed by atoms with E-state index in [1.54, 1.807) is 19.2 Å². The molecule has 17 heavy (non-hydrogen) atoms. The lowest BCUT2D eigenvalue weighted by molar-refractivity contribution is 0.580. The standard InChI is InChI=1S/C10H8ClFN4S/c1-13-10-15-5-7(12)9(16-10)17-8-3-2-6(11)4-14-8/h2-5H,1H3,(H,13,15,16). The molecule has 0 fully saturated rings. The van der Waals surface area contributed by atoms with E-state index in [9.17, 15) is 4.39 Å². The van der Waals surface area contributed by atoms with Gasteiger partial charge in [0.05, 0.1) is 11.2 Å². The molecule has 0 radical (unpaired) electrons.